The first kappa shape index (κ1) is 19.9. The molecule has 3 amide bonds. The first-order valence-corrected chi connectivity index (χ1v) is 11.5. The molecule has 0 saturated heterocycles. The summed E-state index contributed by atoms with van der Waals surface area (Å²) in [7, 11) is 0. The molecule has 7 rings (SSSR count). The Hall–Kier alpha value is -3.73. The second-order valence-electron chi connectivity index (χ2n) is 9.15. The molecule has 0 spiro atoms. The van der Waals surface area contributed by atoms with Crippen LogP contribution in [0.25, 0.3) is 0 Å². The minimum atomic E-state index is -0.318. The summed E-state index contributed by atoms with van der Waals surface area (Å²) in [6.45, 7) is 0.686. The van der Waals surface area contributed by atoms with E-state index in [4.69, 9.17) is 0 Å². The van der Waals surface area contributed by atoms with Gasteiger partial charge in [0.05, 0.1) is 11.1 Å². The Morgan fingerprint density at radius 1 is 0.788 bits per heavy atom. The molecule has 5 heteroatoms. The number of amides is 3. The van der Waals surface area contributed by atoms with Crippen LogP contribution in [0.3, 0.4) is 0 Å². The van der Waals surface area contributed by atoms with Gasteiger partial charge in [0.25, 0.3) is 11.8 Å². The van der Waals surface area contributed by atoms with Crippen molar-refractivity contribution >= 4 is 17.7 Å². The Bertz CT molecular complexity index is 1220. The van der Waals surface area contributed by atoms with Crippen LogP contribution in [-0.2, 0) is 4.79 Å². The average Bonchev–Trinajstić information content (AvgIpc) is 3.11. The number of fused-ring (bicyclic) bond motifs is 2. The summed E-state index contributed by atoms with van der Waals surface area (Å²) in [5.74, 6) is 0.196. The molecule has 1 aliphatic heterocycles. The van der Waals surface area contributed by atoms with E-state index in [1.165, 1.54) is 27.2 Å². The van der Waals surface area contributed by atoms with E-state index in [1.807, 2.05) is 0 Å². The van der Waals surface area contributed by atoms with Gasteiger partial charge in [0.15, 0.2) is 0 Å². The highest BCUT2D eigenvalue weighted by Gasteiger charge is 2.43. The van der Waals surface area contributed by atoms with Crippen LogP contribution in [0.15, 0.2) is 72.8 Å². The maximum atomic E-state index is 12.7. The van der Waals surface area contributed by atoms with E-state index in [0.29, 0.717) is 29.5 Å². The van der Waals surface area contributed by atoms with Crippen LogP contribution in [0.2, 0.25) is 0 Å². The molecule has 2 bridgehead atoms. The number of carbonyl (C=O) groups is 3. The fraction of sp³-hybridized carbons (Fsp3) is 0.250. The number of benzene rings is 3. The highest BCUT2D eigenvalue weighted by Crippen LogP contribution is 2.55. The zero-order chi connectivity index (χ0) is 22.5. The maximum Gasteiger partial charge on any atom is 0.261 e. The SMILES string of the molecule is O=C(CCN1C(=O)c2ccccc2C1=O)NCC1CC2c3ccccc3C1c1ccccc12. The zero-order valence-corrected chi connectivity index (χ0v) is 18.2. The summed E-state index contributed by atoms with van der Waals surface area (Å²) in [6, 6.07) is 24.1. The molecular weight excluding hydrogens is 412 g/mol. The van der Waals surface area contributed by atoms with E-state index in [1.54, 1.807) is 24.3 Å². The number of hydrogen-bond donors (Lipinski definition) is 1. The maximum absolute atomic E-state index is 12.7. The molecule has 4 aliphatic rings. The Kier molecular flexibility index (Phi) is 4.64. The van der Waals surface area contributed by atoms with E-state index in [9.17, 15) is 14.4 Å². The molecule has 33 heavy (non-hydrogen) atoms. The Balaban J connectivity index is 1.13. The number of hydrogen-bond acceptors (Lipinski definition) is 3. The third-order valence-electron chi connectivity index (χ3n) is 7.42. The predicted molar refractivity (Wildman–Crippen MR) is 124 cm³/mol. The van der Waals surface area contributed by atoms with Gasteiger partial charge in [-0.15, -0.1) is 0 Å². The predicted octanol–water partition coefficient (Wildman–Crippen LogP) is 4.09. The number of nitrogens with one attached hydrogen (secondary N) is 1. The van der Waals surface area contributed by atoms with Crippen molar-refractivity contribution < 1.29 is 14.4 Å². The summed E-state index contributed by atoms with van der Waals surface area (Å²) >= 11 is 0. The Morgan fingerprint density at radius 2 is 1.30 bits per heavy atom. The van der Waals surface area contributed by atoms with Gasteiger partial charge in [-0.25, -0.2) is 0 Å². The van der Waals surface area contributed by atoms with Gasteiger partial charge in [0.2, 0.25) is 5.91 Å². The van der Waals surface area contributed by atoms with Crippen molar-refractivity contribution in [2.75, 3.05) is 13.1 Å². The smallest absolute Gasteiger partial charge is 0.261 e. The minimum absolute atomic E-state index is 0.0978. The zero-order valence-electron chi connectivity index (χ0n) is 18.2. The van der Waals surface area contributed by atoms with Crippen LogP contribution in [0.1, 0.15) is 67.6 Å². The van der Waals surface area contributed by atoms with Crippen LogP contribution in [0.4, 0.5) is 0 Å². The summed E-state index contributed by atoms with van der Waals surface area (Å²) in [6.07, 6.45) is 1.12. The van der Waals surface area contributed by atoms with Gasteiger partial charge < -0.3 is 5.32 Å². The Labute approximate surface area is 192 Å². The van der Waals surface area contributed by atoms with Gasteiger partial charge in [-0.2, -0.15) is 0 Å². The van der Waals surface area contributed by atoms with E-state index < -0.39 is 0 Å². The van der Waals surface area contributed by atoms with Crippen LogP contribution in [-0.4, -0.2) is 35.7 Å². The van der Waals surface area contributed by atoms with Gasteiger partial charge in [-0.05, 0) is 46.7 Å². The van der Waals surface area contributed by atoms with Crippen molar-refractivity contribution in [3.05, 3.63) is 106 Å². The molecule has 3 aromatic carbocycles. The van der Waals surface area contributed by atoms with Gasteiger partial charge in [-0.3, -0.25) is 19.3 Å². The van der Waals surface area contributed by atoms with Crippen molar-refractivity contribution in [2.24, 2.45) is 5.92 Å². The molecule has 5 nitrogen and oxygen atoms in total. The third kappa shape index (κ3) is 3.10. The van der Waals surface area contributed by atoms with Crippen LogP contribution in [0.5, 0.6) is 0 Å². The van der Waals surface area contributed by atoms with Gasteiger partial charge in [-0.1, -0.05) is 60.7 Å². The van der Waals surface area contributed by atoms with Gasteiger partial charge in [0, 0.05) is 31.3 Å². The lowest BCUT2D eigenvalue weighted by atomic mass is 9.59. The van der Waals surface area contributed by atoms with Crippen molar-refractivity contribution in [3.63, 3.8) is 0 Å². The molecule has 3 aromatic rings. The molecule has 164 valence electrons. The summed E-state index contributed by atoms with van der Waals surface area (Å²) < 4.78 is 0. The number of rotatable bonds is 5. The number of nitrogens with zero attached hydrogens (tertiary/aromatic N) is 1. The Morgan fingerprint density at radius 3 is 1.88 bits per heavy atom. The van der Waals surface area contributed by atoms with Crippen LogP contribution >= 0.6 is 0 Å². The molecule has 0 fully saturated rings. The van der Waals surface area contributed by atoms with Crippen molar-refractivity contribution in [1.82, 2.24) is 10.2 Å². The first-order valence-electron chi connectivity index (χ1n) is 11.5. The number of carbonyl (C=O) groups excluding carboxylic acids is 3. The quantitative estimate of drug-likeness (QED) is 0.613. The van der Waals surface area contributed by atoms with E-state index >= 15 is 0 Å². The molecule has 3 aliphatic carbocycles. The molecule has 1 unspecified atom stereocenters. The lowest BCUT2D eigenvalue weighted by Crippen LogP contribution is -2.40. The van der Waals surface area contributed by atoms with E-state index in [-0.39, 0.29) is 36.6 Å². The molecule has 0 aromatic heterocycles. The van der Waals surface area contributed by atoms with Crippen molar-refractivity contribution in [3.8, 4) is 0 Å². The highest BCUT2D eigenvalue weighted by atomic mass is 16.2. The van der Waals surface area contributed by atoms with Crippen LogP contribution < -0.4 is 5.32 Å². The van der Waals surface area contributed by atoms with Gasteiger partial charge >= 0.3 is 0 Å². The second kappa shape index (κ2) is 7.69. The molecule has 1 N–H and O–H groups in total. The van der Waals surface area contributed by atoms with Crippen molar-refractivity contribution in [1.29, 1.82) is 0 Å². The fourth-order valence-electron chi connectivity index (χ4n) is 5.95. The van der Waals surface area contributed by atoms with E-state index in [0.717, 1.165) is 6.42 Å². The number of imide groups is 1. The monoisotopic (exact) mass is 436 g/mol. The molecule has 1 heterocycles. The molecule has 1 atom stereocenters. The normalized spacial score (nSPS) is 22.1. The largest absolute Gasteiger partial charge is 0.356 e. The van der Waals surface area contributed by atoms with Gasteiger partial charge in [0.1, 0.15) is 0 Å². The first-order chi connectivity index (χ1) is 16.1. The highest BCUT2D eigenvalue weighted by molar-refractivity contribution is 6.21. The van der Waals surface area contributed by atoms with Crippen LogP contribution in [0, 0.1) is 5.92 Å². The minimum Gasteiger partial charge on any atom is -0.356 e. The lowest BCUT2D eigenvalue weighted by molar-refractivity contribution is -0.121. The third-order valence-corrected chi connectivity index (χ3v) is 7.42. The molecular formula is C28H24N2O3. The second-order valence-corrected chi connectivity index (χ2v) is 9.15. The average molecular weight is 437 g/mol. The lowest BCUT2D eigenvalue weighted by Gasteiger charge is -2.45. The molecule has 0 saturated carbocycles. The molecule has 0 radical (unpaired) electrons. The summed E-state index contributed by atoms with van der Waals surface area (Å²) in [5.41, 5.74) is 6.40. The summed E-state index contributed by atoms with van der Waals surface area (Å²) in [4.78, 5) is 38.9. The topological polar surface area (TPSA) is 66.5 Å². The van der Waals surface area contributed by atoms with Crippen molar-refractivity contribution in [2.45, 2.75) is 24.7 Å². The van der Waals surface area contributed by atoms with E-state index in [2.05, 4.69) is 53.8 Å². The summed E-state index contributed by atoms with van der Waals surface area (Å²) in [5, 5.41) is 3.09. The standard InChI is InChI=1S/C28H24N2O3/c31-25(13-14-30-27(32)22-11-5-6-12-23(22)28(30)33)29-16-17-15-24-18-7-1-3-9-20(18)26(17)21-10-4-2-8-19(21)24/h1-12,17,24,26H,13-16H2,(H,29,31). The fourth-order valence-corrected chi connectivity index (χ4v) is 5.95.